The molecule has 0 saturated carbocycles. The van der Waals surface area contributed by atoms with Crippen LogP contribution in [0.5, 0.6) is 0 Å². The number of aliphatic hydroxyl groups excluding tert-OH is 2. The minimum absolute atomic E-state index is 0.0745. The van der Waals surface area contributed by atoms with Gasteiger partial charge in [-0.15, -0.1) is 0 Å². The summed E-state index contributed by atoms with van der Waals surface area (Å²) in [5.74, 6) is -0.635. The largest absolute Gasteiger partial charge is 0.416 e. The number of aliphatic hydroxyl groups is 2. The highest BCUT2D eigenvalue weighted by Gasteiger charge is 2.46. The number of benzene rings is 1. The molecule has 4 aliphatic rings. The van der Waals surface area contributed by atoms with E-state index >= 15 is 0 Å². The lowest BCUT2D eigenvalue weighted by Crippen LogP contribution is -2.56. The van der Waals surface area contributed by atoms with Crippen LogP contribution in [0, 0.1) is 0 Å². The summed E-state index contributed by atoms with van der Waals surface area (Å²) in [4.78, 5) is 45.0. The third-order valence-electron chi connectivity index (χ3n) is 8.54. The molecule has 0 aliphatic carbocycles. The van der Waals surface area contributed by atoms with Gasteiger partial charge in [-0.3, -0.25) is 14.5 Å². The van der Waals surface area contributed by atoms with Crippen molar-refractivity contribution in [1.29, 1.82) is 0 Å². The second kappa shape index (κ2) is 13.2. The molecule has 12 nitrogen and oxygen atoms in total. The van der Waals surface area contributed by atoms with Crippen molar-refractivity contribution >= 4 is 17.8 Å². The Kier molecular flexibility index (Phi) is 9.70. The van der Waals surface area contributed by atoms with Crippen LogP contribution >= 0.6 is 0 Å². The second-order valence-electron chi connectivity index (χ2n) is 12.3. The Balaban J connectivity index is 1.40. The molecule has 4 amide bonds. The molecule has 1 aromatic carbocycles. The summed E-state index contributed by atoms with van der Waals surface area (Å²) >= 11 is 0. The van der Waals surface area contributed by atoms with E-state index in [4.69, 9.17) is 9.47 Å². The van der Waals surface area contributed by atoms with E-state index in [9.17, 15) is 37.8 Å². The molecule has 1 aromatic rings. The van der Waals surface area contributed by atoms with Gasteiger partial charge in [-0.25, -0.2) is 4.79 Å². The number of morpholine rings is 1. The molecule has 7 atom stereocenters. The van der Waals surface area contributed by atoms with Gasteiger partial charge in [0.05, 0.1) is 49.9 Å². The number of carbonyl (C=O) groups excluding carboxylic acids is 3. The van der Waals surface area contributed by atoms with Crippen LogP contribution in [-0.4, -0.2) is 131 Å². The van der Waals surface area contributed by atoms with Gasteiger partial charge in [0.2, 0.25) is 11.8 Å². The van der Waals surface area contributed by atoms with Crippen molar-refractivity contribution in [3.8, 4) is 0 Å². The first kappa shape index (κ1) is 32.4. The first-order valence-corrected chi connectivity index (χ1v) is 15.0. The van der Waals surface area contributed by atoms with E-state index in [1.165, 1.54) is 17.0 Å². The smallest absolute Gasteiger partial charge is 0.388 e. The summed E-state index contributed by atoms with van der Waals surface area (Å²) in [7, 11) is 0. The molecule has 44 heavy (non-hydrogen) atoms. The number of halogens is 3. The van der Waals surface area contributed by atoms with Crippen LogP contribution < -0.4 is 10.6 Å². The average molecular weight is 628 g/mol. The maximum atomic E-state index is 13.9. The van der Waals surface area contributed by atoms with Crippen molar-refractivity contribution in [2.24, 2.45) is 0 Å². The summed E-state index contributed by atoms with van der Waals surface area (Å²) < 4.78 is 51.1. The lowest BCUT2D eigenvalue weighted by atomic mass is 10.0. The first-order chi connectivity index (χ1) is 20.8. The van der Waals surface area contributed by atoms with Crippen molar-refractivity contribution in [3.63, 3.8) is 0 Å². The number of rotatable bonds is 3. The fraction of sp³-hybridized carbons (Fsp3) is 0.690. The van der Waals surface area contributed by atoms with Crippen LogP contribution in [0.2, 0.25) is 0 Å². The molecule has 4 N–H and O–H groups in total. The molecule has 4 saturated heterocycles. The van der Waals surface area contributed by atoms with Gasteiger partial charge in [-0.2, -0.15) is 13.2 Å². The van der Waals surface area contributed by atoms with E-state index in [1.54, 1.807) is 18.7 Å². The first-order valence-electron chi connectivity index (χ1n) is 15.0. The lowest BCUT2D eigenvalue weighted by Gasteiger charge is -2.38. The Hall–Kier alpha value is -2.98. The number of nitrogens with one attached hydrogen (secondary N) is 2. The summed E-state index contributed by atoms with van der Waals surface area (Å²) in [5.41, 5.74) is -0.181. The monoisotopic (exact) mass is 627 g/mol. The number of carbonyl (C=O) groups is 3. The Morgan fingerprint density at radius 3 is 2.45 bits per heavy atom. The maximum Gasteiger partial charge on any atom is 0.416 e. The number of ether oxygens (including phenoxy) is 2. The molecule has 0 spiro atoms. The van der Waals surface area contributed by atoms with Gasteiger partial charge in [0.15, 0.2) is 0 Å². The van der Waals surface area contributed by atoms with Gasteiger partial charge in [-0.05, 0) is 38.0 Å². The van der Waals surface area contributed by atoms with Crippen molar-refractivity contribution in [1.82, 2.24) is 25.3 Å². The van der Waals surface area contributed by atoms with Gasteiger partial charge >= 0.3 is 12.2 Å². The Morgan fingerprint density at radius 1 is 1.07 bits per heavy atom. The summed E-state index contributed by atoms with van der Waals surface area (Å²) in [6, 6.07) is 3.06. The van der Waals surface area contributed by atoms with Crippen LogP contribution in [0.3, 0.4) is 0 Å². The zero-order valence-electron chi connectivity index (χ0n) is 24.7. The van der Waals surface area contributed by atoms with Gasteiger partial charge < -0.3 is 40.1 Å². The SMILES string of the molecule is CC(C)NC(=O)N1C[C@@H]2CN(CCO2)C(=O)[C@@H]2C[C@@H](CN2Cc2ccc(C(F)(F)F)cc2)NC(=O)C[C@@H]2O[C@H](C1)[C@@H](O)[C@H]2O. The van der Waals surface area contributed by atoms with Crippen LogP contribution in [0.25, 0.3) is 0 Å². The zero-order chi connectivity index (χ0) is 31.8. The molecule has 4 heterocycles. The van der Waals surface area contributed by atoms with Gasteiger partial charge in [0.25, 0.3) is 0 Å². The zero-order valence-corrected chi connectivity index (χ0v) is 24.7. The molecular weight excluding hydrogens is 587 g/mol. The number of alkyl halides is 3. The normalized spacial score (nSPS) is 32.2. The van der Waals surface area contributed by atoms with Crippen molar-refractivity contribution in [3.05, 3.63) is 35.4 Å². The number of hydrogen-bond donors (Lipinski definition) is 4. The molecule has 4 aliphatic heterocycles. The molecule has 15 heteroatoms. The Morgan fingerprint density at radius 2 is 1.77 bits per heavy atom. The quantitative estimate of drug-likeness (QED) is 0.375. The minimum Gasteiger partial charge on any atom is -0.388 e. The minimum atomic E-state index is -4.47. The number of likely N-dealkylation sites (tertiary alicyclic amines) is 1. The predicted molar refractivity (Wildman–Crippen MR) is 149 cm³/mol. The number of fused-ring (bicyclic) bond motifs is 6. The fourth-order valence-electron chi connectivity index (χ4n) is 6.37. The molecule has 4 fully saturated rings. The average Bonchev–Trinajstić information content (AvgIpc) is 3.46. The van der Waals surface area contributed by atoms with E-state index in [2.05, 4.69) is 10.6 Å². The Labute approximate surface area is 253 Å². The molecule has 6 bridgehead atoms. The van der Waals surface area contributed by atoms with Crippen LogP contribution in [0.1, 0.15) is 37.8 Å². The van der Waals surface area contributed by atoms with Crippen molar-refractivity contribution < 1.29 is 47.2 Å². The summed E-state index contributed by atoms with van der Waals surface area (Å²) in [6.45, 7) is 4.81. The fourth-order valence-corrected chi connectivity index (χ4v) is 6.37. The molecule has 0 unspecified atom stereocenters. The van der Waals surface area contributed by atoms with E-state index in [0.717, 1.165) is 12.1 Å². The van der Waals surface area contributed by atoms with Gasteiger partial charge in [-0.1, -0.05) is 12.1 Å². The number of urea groups is 1. The van der Waals surface area contributed by atoms with Crippen LogP contribution in [0.4, 0.5) is 18.0 Å². The lowest BCUT2D eigenvalue weighted by molar-refractivity contribution is -0.144. The highest BCUT2D eigenvalue weighted by Crippen LogP contribution is 2.31. The van der Waals surface area contributed by atoms with Crippen LogP contribution in [0.15, 0.2) is 24.3 Å². The standard InChI is InChI=1S/C29H40F3N5O7/c1-16(2)33-28(42)37-14-20-13-35(7-8-43-20)27(41)21-9-19(34-24(38)10-22-25(39)26(40)23(15-37)44-22)12-36(21)11-17-3-5-18(6-4-17)29(30,31)32/h3-6,16,19-23,25-26,39-40H,7-15H2,1-2H3,(H,33,42)(H,34,38)/t19-,20-,21-,22-,23+,25-,26+/m0/s1. The molecule has 244 valence electrons. The molecule has 0 aromatic heterocycles. The third-order valence-corrected chi connectivity index (χ3v) is 8.54. The second-order valence-corrected chi connectivity index (χ2v) is 12.3. The number of amides is 4. The highest BCUT2D eigenvalue weighted by molar-refractivity contribution is 5.83. The number of hydrogen-bond acceptors (Lipinski definition) is 8. The summed E-state index contributed by atoms with van der Waals surface area (Å²) in [6.07, 6.45) is -9.64. The summed E-state index contributed by atoms with van der Waals surface area (Å²) in [5, 5.41) is 27.2. The third kappa shape index (κ3) is 7.45. The number of nitrogens with zero attached hydrogens (tertiary/aromatic N) is 3. The van der Waals surface area contributed by atoms with E-state index in [-0.39, 0.29) is 64.1 Å². The van der Waals surface area contributed by atoms with Crippen molar-refractivity contribution in [2.45, 2.75) is 88.1 Å². The molecular formula is C29H40F3N5O7. The van der Waals surface area contributed by atoms with Crippen molar-refractivity contribution in [2.75, 3.05) is 39.3 Å². The van der Waals surface area contributed by atoms with Gasteiger partial charge in [0, 0.05) is 38.3 Å². The highest BCUT2D eigenvalue weighted by atomic mass is 19.4. The molecule has 0 radical (unpaired) electrons. The van der Waals surface area contributed by atoms with Crippen LogP contribution in [-0.2, 0) is 31.8 Å². The van der Waals surface area contributed by atoms with E-state index in [0.29, 0.717) is 12.1 Å². The van der Waals surface area contributed by atoms with E-state index < -0.39 is 66.3 Å². The molecule has 5 rings (SSSR count). The predicted octanol–water partition coefficient (Wildman–Crippen LogP) is 0.305. The van der Waals surface area contributed by atoms with E-state index in [1.807, 2.05) is 4.90 Å². The van der Waals surface area contributed by atoms with Gasteiger partial charge in [0.1, 0.15) is 18.3 Å². The maximum absolute atomic E-state index is 13.9. The topological polar surface area (TPSA) is 144 Å². The Bertz CT molecular complexity index is 1200.